The van der Waals surface area contributed by atoms with E-state index in [1.807, 2.05) is 13.8 Å². The highest BCUT2D eigenvalue weighted by Gasteiger charge is 2.34. The van der Waals surface area contributed by atoms with Crippen molar-refractivity contribution < 1.29 is 14.3 Å². The van der Waals surface area contributed by atoms with Crippen molar-refractivity contribution in [3.05, 3.63) is 12.5 Å². The SMILES string of the molecule is CCNC(CC)(CCCSc1ncco1)C(=O)O. The standard InChI is InChI=1S/C12H20N2O3S/c1-3-12(10(15)16,14-4-2)6-5-9-18-11-13-7-8-17-11/h7-8,14H,3-6,9H2,1-2H3,(H,15,16). The molecule has 0 aliphatic rings. The van der Waals surface area contributed by atoms with Crippen molar-refractivity contribution in [1.29, 1.82) is 0 Å². The Morgan fingerprint density at radius 2 is 2.39 bits per heavy atom. The number of hydrogen-bond acceptors (Lipinski definition) is 5. The zero-order valence-electron chi connectivity index (χ0n) is 10.8. The summed E-state index contributed by atoms with van der Waals surface area (Å²) in [5.74, 6) is 0.0361. The molecule has 0 spiro atoms. The first kappa shape index (κ1) is 15.0. The third-order valence-electron chi connectivity index (χ3n) is 2.91. The van der Waals surface area contributed by atoms with Gasteiger partial charge in [-0.15, -0.1) is 0 Å². The Morgan fingerprint density at radius 3 is 2.89 bits per heavy atom. The molecule has 0 aliphatic heterocycles. The molecule has 1 aromatic rings. The van der Waals surface area contributed by atoms with Crippen molar-refractivity contribution in [3.63, 3.8) is 0 Å². The summed E-state index contributed by atoms with van der Waals surface area (Å²) in [7, 11) is 0. The van der Waals surface area contributed by atoms with Crippen LogP contribution in [0.3, 0.4) is 0 Å². The molecule has 1 atom stereocenters. The fourth-order valence-electron chi connectivity index (χ4n) is 1.88. The van der Waals surface area contributed by atoms with Gasteiger partial charge in [-0.05, 0) is 25.8 Å². The number of oxazole rings is 1. The highest BCUT2D eigenvalue weighted by Crippen LogP contribution is 2.22. The third-order valence-corrected chi connectivity index (χ3v) is 3.85. The first-order chi connectivity index (χ1) is 8.64. The molecule has 6 heteroatoms. The largest absolute Gasteiger partial charge is 0.480 e. The molecule has 0 saturated heterocycles. The maximum Gasteiger partial charge on any atom is 0.323 e. The minimum absolute atomic E-state index is 0.583. The lowest BCUT2D eigenvalue weighted by Gasteiger charge is -2.29. The summed E-state index contributed by atoms with van der Waals surface area (Å²) in [4.78, 5) is 15.4. The highest BCUT2D eigenvalue weighted by atomic mass is 32.2. The Kier molecular flexibility index (Phi) is 6.21. The number of likely N-dealkylation sites (N-methyl/N-ethyl adjacent to an activating group) is 1. The van der Waals surface area contributed by atoms with Crippen molar-refractivity contribution in [2.45, 2.75) is 43.9 Å². The third kappa shape index (κ3) is 4.03. The van der Waals surface area contributed by atoms with E-state index in [1.54, 1.807) is 6.20 Å². The second-order valence-electron chi connectivity index (χ2n) is 4.02. The summed E-state index contributed by atoms with van der Waals surface area (Å²) < 4.78 is 5.11. The Morgan fingerprint density at radius 1 is 1.61 bits per heavy atom. The number of aliphatic carboxylic acids is 1. The van der Waals surface area contributed by atoms with Crippen molar-refractivity contribution in [1.82, 2.24) is 10.3 Å². The lowest BCUT2D eigenvalue weighted by molar-refractivity contribution is -0.145. The van der Waals surface area contributed by atoms with Gasteiger partial charge >= 0.3 is 5.97 Å². The zero-order chi connectivity index (χ0) is 13.4. The monoisotopic (exact) mass is 272 g/mol. The quantitative estimate of drug-likeness (QED) is 0.531. The van der Waals surface area contributed by atoms with Gasteiger partial charge in [0.25, 0.3) is 5.22 Å². The van der Waals surface area contributed by atoms with Crippen LogP contribution < -0.4 is 5.32 Å². The second kappa shape index (κ2) is 7.43. The van der Waals surface area contributed by atoms with E-state index >= 15 is 0 Å². The molecule has 0 amide bonds. The lowest BCUT2D eigenvalue weighted by Crippen LogP contribution is -2.51. The summed E-state index contributed by atoms with van der Waals surface area (Å²) >= 11 is 1.51. The predicted molar refractivity (Wildman–Crippen MR) is 70.8 cm³/mol. The summed E-state index contributed by atoms with van der Waals surface area (Å²) in [6, 6.07) is 0. The van der Waals surface area contributed by atoms with Gasteiger partial charge in [0.15, 0.2) is 0 Å². The predicted octanol–water partition coefficient (Wildman–Crippen LogP) is 2.39. The van der Waals surface area contributed by atoms with Crippen molar-refractivity contribution >= 4 is 17.7 Å². The number of carboxylic acids is 1. The van der Waals surface area contributed by atoms with Crippen LogP contribution in [0.15, 0.2) is 22.1 Å². The minimum atomic E-state index is -0.800. The number of thioether (sulfide) groups is 1. The summed E-state index contributed by atoms with van der Waals surface area (Å²) in [6.45, 7) is 4.49. The molecule has 0 bridgehead atoms. The summed E-state index contributed by atoms with van der Waals surface area (Å²) in [5, 5.41) is 13.1. The highest BCUT2D eigenvalue weighted by molar-refractivity contribution is 7.99. The van der Waals surface area contributed by atoms with Crippen LogP contribution in [-0.4, -0.2) is 33.9 Å². The van der Waals surface area contributed by atoms with E-state index in [0.717, 1.165) is 12.2 Å². The fraction of sp³-hybridized carbons (Fsp3) is 0.667. The first-order valence-corrected chi connectivity index (χ1v) is 7.14. The normalized spacial score (nSPS) is 14.3. The molecule has 0 radical (unpaired) electrons. The molecule has 1 rings (SSSR count). The second-order valence-corrected chi connectivity index (χ2v) is 5.07. The molecule has 1 aromatic heterocycles. The van der Waals surface area contributed by atoms with E-state index in [-0.39, 0.29) is 0 Å². The lowest BCUT2D eigenvalue weighted by atomic mass is 9.91. The molecular weight excluding hydrogens is 252 g/mol. The van der Waals surface area contributed by atoms with Crippen LogP contribution in [0.5, 0.6) is 0 Å². The molecule has 0 aliphatic carbocycles. The van der Waals surface area contributed by atoms with Crippen LogP contribution >= 0.6 is 11.8 Å². The van der Waals surface area contributed by atoms with Crippen LogP contribution in [0, 0.1) is 0 Å². The summed E-state index contributed by atoms with van der Waals surface area (Å²) in [5.41, 5.74) is -0.800. The zero-order valence-corrected chi connectivity index (χ0v) is 11.6. The van der Waals surface area contributed by atoms with Gasteiger partial charge in [0, 0.05) is 5.75 Å². The molecule has 5 nitrogen and oxygen atoms in total. The van der Waals surface area contributed by atoms with Gasteiger partial charge in [0.1, 0.15) is 11.8 Å². The van der Waals surface area contributed by atoms with Crippen LogP contribution in [0.25, 0.3) is 0 Å². The number of nitrogens with zero attached hydrogens (tertiary/aromatic N) is 1. The molecule has 0 saturated carbocycles. The van der Waals surface area contributed by atoms with E-state index in [9.17, 15) is 9.90 Å². The molecule has 18 heavy (non-hydrogen) atoms. The van der Waals surface area contributed by atoms with Gasteiger partial charge in [-0.3, -0.25) is 4.79 Å². The van der Waals surface area contributed by atoms with E-state index < -0.39 is 11.5 Å². The van der Waals surface area contributed by atoms with E-state index in [4.69, 9.17) is 4.42 Å². The van der Waals surface area contributed by atoms with Crippen molar-refractivity contribution in [3.8, 4) is 0 Å². The molecule has 2 N–H and O–H groups in total. The van der Waals surface area contributed by atoms with Crippen LogP contribution in [0.1, 0.15) is 33.1 Å². The Balaban J connectivity index is 2.39. The van der Waals surface area contributed by atoms with Crippen LogP contribution in [0.4, 0.5) is 0 Å². The number of carboxylic acid groups (broad SMARTS) is 1. The van der Waals surface area contributed by atoms with Gasteiger partial charge in [-0.2, -0.15) is 0 Å². The van der Waals surface area contributed by atoms with Crippen LogP contribution in [0.2, 0.25) is 0 Å². The van der Waals surface area contributed by atoms with E-state index in [1.165, 1.54) is 18.0 Å². The Labute approximate surface area is 111 Å². The molecule has 102 valence electrons. The number of hydrogen-bond donors (Lipinski definition) is 2. The first-order valence-electron chi connectivity index (χ1n) is 6.15. The number of nitrogens with one attached hydrogen (secondary N) is 1. The number of aromatic nitrogens is 1. The fourth-order valence-corrected chi connectivity index (χ4v) is 2.60. The average molecular weight is 272 g/mol. The number of rotatable bonds is 9. The number of carbonyl (C=O) groups is 1. The minimum Gasteiger partial charge on any atom is -0.480 e. The van der Waals surface area contributed by atoms with E-state index in [0.29, 0.717) is 24.6 Å². The van der Waals surface area contributed by atoms with Crippen LogP contribution in [-0.2, 0) is 4.79 Å². The molecule has 0 aromatic carbocycles. The van der Waals surface area contributed by atoms with Gasteiger partial charge in [-0.1, -0.05) is 25.6 Å². The van der Waals surface area contributed by atoms with Gasteiger partial charge in [-0.25, -0.2) is 4.98 Å². The van der Waals surface area contributed by atoms with Gasteiger partial charge in [0.05, 0.1) is 6.20 Å². The Hall–Kier alpha value is -1.01. The molecule has 0 fully saturated rings. The average Bonchev–Trinajstić information content (AvgIpc) is 2.86. The van der Waals surface area contributed by atoms with Gasteiger partial charge in [0.2, 0.25) is 0 Å². The maximum absolute atomic E-state index is 11.4. The molecular formula is C12H20N2O3S. The van der Waals surface area contributed by atoms with Gasteiger partial charge < -0.3 is 14.8 Å². The summed E-state index contributed by atoms with van der Waals surface area (Å²) in [6.07, 6.45) is 5.14. The molecule has 1 unspecified atom stereocenters. The van der Waals surface area contributed by atoms with Crippen molar-refractivity contribution in [2.24, 2.45) is 0 Å². The topological polar surface area (TPSA) is 75.4 Å². The van der Waals surface area contributed by atoms with Crippen molar-refractivity contribution in [2.75, 3.05) is 12.3 Å². The maximum atomic E-state index is 11.4. The smallest absolute Gasteiger partial charge is 0.323 e. The Bertz CT molecular complexity index is 356. The van der Waals surface area contributed by atoms with E-state index in [2.05, 4.69) is 10.3 Å². The molecule has 1 heterocycles.